The molecular weight excluding hydrogens is 178 g/mol. The van der Waals surface area contributed by atoms with Crippen LogP contribution in [0.1, 0.15) is 10.4 Å². The molecule has 0 bridgehead atoms. The van der Waals surface area contributed by atoms with Crippen LogP contribution in [0.5, 0.6) is 5.75 Å². The second kappa shape index (κ2) is 3.45. The van der Waals surface area contributed by atoms with Gasteiger partial charge >= 0.3 is 0 Å². The maximum atomic E-state index is 11.0. The number of benzene rings is 1. The summed E-state index contributed by atoms with van der Waals surface area (Å²) in [7, 11) is 1.52. The van der Waals surface area contributed by atoms with Crippen LogP contribution in [0, 0.1) is 0 Å². The van der Waals surface area contributed by atoms with Crippen LogP contribution in [0.15, 0.2) is 18.2 Å². The Kier molecular flexibility index (Phi) is 2.55. The highest BCUT2D eigenvalue weighted by molar-refractivity contribution is 6.32. The third kappa shape index (κ3) is 1.68. The van der Waals surface area contributed by atoms with E-state index in [9.17, 15) is 9.90 Å². The summed E-state index contributed by atoms with van der Waals surface area (Å²) in [6.45, 7) is 0. The zero-order valence-corrected chi connectivity index (χ0v) is 7.18. The van der Waals surface area contributed by atoms with Gasteiger partial charge in [-0.15, -0.1) is 0 Å². The molecule has 12 heavy (non-hydrogen) atoms. The molecule has 3 nitrogen and oxygen atoms in total. The number of halogens is 1. The minimum atomic E-state index is -0.274. The zero-order valence-electron chi connectivity index (χ0n) is 6.43. The standard InChI is InChI=1S/C8H8ClNO2/c1-10-8(12)5-2-3-7(11)6(9)4-5/h2-4,11H,1H3,(H,10,12)/p-1. The van der Waals surface area contributed by atoms with Crippen molar-refractivity contribution in [2.24, 2.45) is 0 Å². The molecule has 1 amide bonds. The molecule has 0 saturated heterocycles. The van der Waals surface area contributed by atoms with Crippen molar-refractivity contribution in [1.29, 1.82) is 0 Å². The van der Waals surface area contributed by atoms with Crippen molar-refractivity contribution in [3.05, 3.63) is 28.8 Å². The third-order valence-electron chi connectivity index (χ3n) is 1.42. The smallest absolute Gasteiger partial charge is 0.251 e. The Morgan fingerprint density at radius 3 is 2.75 bits per heavy atom. The predicted octanol–water partition coefficient (Wildman–Crippen LogP) is 0.773. The van der Waals surface area contributed by atoms with Crippen LogP contribution in [0.2, 0.25) is 5.02 Å². The van der Waals surface area contributed by atoms with Gasteiger partial charge in [0.05, 0.1) is 0 Å². The lowest BCUT2D eigenvalue weighted by Gasteiger charge is -2.08. The normalized spacial score (nSPS) is 9.50. The summed E-state index contributed by atoms with van der Waals surface area (Å²) < 4.78 is 0. The molecule has 0 unspecified atom stereocenters. The Morgan fingerprint density at radius 1 is 1.58 bits per heavy atom. The van der Waals surface area contributed by atoms with Gasteiger partial charge in [-0.05, 0) is 12.1 Å². The van der Waals surface area contributed by atoms with E-state index in [1.165, 1.54) is 25.2 Å². The molecule has 64 valence electrons. The van der Waals surface area contributed by atoms with Gasteiger partial charge in [-0.25, -0.2) is 0 Å². The van der Waals surface area contributed by atoms with Gasteiger partial charge in [0.15, 0.2) is 0 Å². The van der Waals surface area contributed by atoms with Crippen molar-refractivity contribution in [2.75, 3.05) is 7.05 Å². The van der Waals surface area contributed by atoms with Gasteiger partial charge in [-0.3, -0.25) is 4.79 Å². The molecule has 0 aliphatic rings. The van der Waals surface area contributed by atoms with E-state index in [1.54, 1.807) is 0 Å². The average molecular weight is 185 g/mol. The van der Waals surface area contributed by atoms with Gasteiger partial charge in [0, 0.05) is 17.6 Å². The van der Waals surface area contributed by atoms with Gasteiger partial charge in [0.1, 0.15) is 0 Å². The molecule has 0 aliphatic heterocycles. The molecule has 1 aromatic rings. The van der Waals surface area contributed by atoms with E-state index in [2.05, 4.69) is 5.32 Å². The van der Waals surface area contributed by atoms with E-state index in [0.717, 1.165) is 0 Å². The van der Waals surface area contributed by atoms with Crippen LogP contribution in [-0.4, -0.2) is 13.0 Å². The number of rotatable bonds is 1. The van der Waals surface area contributed by atoms with Crippen molar-refractivity contribution < 1.29 is 9.90 Å². The number of carbonyl (C=O) groups excluding carboxylic acids is 1. The fourth-order valence-electron chi connectivity index (χ4n) is 0.786. The molecule has 0 spiro atoms. The largest absolute Gasteiger partial charge is 0.871 e. The fraction of sp³-hybridized carbons (Fsp3) is 0.125. The van der Waals surface area contributed by atoms with Gasteiger partial charge in [0.2, 0.25) is 0 Å². The van der Waals surface area contributed by atoms with Crippen molar-refractivity contribution in [3.8, 4) is 5.75 Å². The van der Waals surface area contributed by atoms with Crippen LogP contribution in [0.25, 0.3) is 0 Å². The quantitative estimate of drug-likeness (QED) is 0.701. The van der Waals surface area contributed by atoms with E-state index >= 15 is 0 Å². The minimum Gasteiger partial charge on any atom is -0.871 e. The highest BCUT2D eigenvalue weighted by Crippen LogP contribution is 2.20. The second-order valence-corrected chi connectivity index (χ2v) is 2.63. The molecule has 0 atom stereocenters. The first-order valence-electron chi connectivity index (χ1n) is 3.34. The van der Waals surface area contributed by atoms with Gasteiger partial charge in [-0.2, -0.15) is 0 Å². The first-order chi connectivity index (χ1) is 5.65. The Balaban J connectivity index is 3.05. The molecule has 1 aromatic carbocycles. The van der Waals surface area contributed by atoms with Crippen LogP contribution >= 0.6 is 11.6 Å². The molecule has 0 fully saturated rings. The topological polar surface area (TPSA) is 52.2 Å². The maximum absolute atomic E-state index is 11.0. The summed E-state index contributed by atoms with van der Waals surface area (Å²) in [5, 5.41) is 13.3. The molecule has 1 rings (SSSR count). The first kappa shape index (κ1) is 8.87. The van der Waals surface area contributed by atoms with Crippen LogP contribution in [-0.2, 0) is 0 Å². The predicted molar refractivity (Wildman–Crippen MR) is 44.3 cm³/mol. The lowest BCUT2D eigenvalue weighted by molar-refractivity contribution is -0.268. The summed E-state index contributed by atoms with van der Waals surface area (Å²) in [6, 6.07) is 4.06. The average Bonchev–Trinajstić information content (AvgIpc) is 2.08. The molecular formula is C8H7ClNO2-. The number of carbonyl (C=O) groups is 1. The van der Waals surface area contributed by atoms with E-state index < -0.39 is 0 Å². The zero-order chi connectivity index (χ0) is 9.14. The molecule has 0 aliphatic carbocycles. The molecule has 1 N–H and O–H groups in total. The van der Waals surface area contributed by atoms with Crippen molar-refractivity contribution in [1.82, 2.24) is 5.32 Å². The lowest BCUT2D eigenvalue weighted by Crippen LogP contribution is -2.17. The Labute approximate surface area is 75.0 Å². The number of hydrogen-bond donors (Lipinski definition) is 1. The Morgan fingerprint density at radius 2 is 2.25 bits per heavy atom. The molecule has 0 aromatic heterocycles. The monoisotopic (exact) mass is 184 g/mol. The minimum absolute atomic E-state index is 0.0658. The SMILES string of the molecule is CNC(=O)c1ccc([O-])c(Cl)c1. The molecule has 0 radical (unpaired) electrons. The molecule has 0 saturated carbocycles. The summed E-state index contributed by atoms with van der Waals surface area (Å²) in [5.41, 5.74) is 0.391. The lowest BCUT2D eigenvalue weighted by atomic mass is 10.2. The Bertz CT molecular complexity index is 312. The molecule has 0 heterocycles. The van der Waals surface area contributed by atoms with Crippen LogP contribution in [0.3, 0.4) is 0 Å². The van der Waals surface area contributed by atoms with E-state index in [-0.39, 0.29) is 16.7 Å². The van der Waals surface area contributed by atoms with Gasteiger partial charge < -0.3 is 10.4 Å². The summed E-state index contributed by atoms with van der Waals surface area (Å²) in [6.07, 6.45) is 0. The highest BCUT2D eigenvalue weighted by Gasteiger charge is 2.02. The summed E-state index contributed by atoms with van der Waals surface area (Å²) >= 11 is 5.52. The van der Waals surface area contributed by atoms with Crippen molar-refractivity contribution in [2.45, 2.75) is 0 Å². The highest BCUT2D eigenvalue weighted by atomic mass is 35.5. The van der Waals surface area contributed by atoms with Crippen LogP contribution < -0.4 is 10.4 Å². The summed E-state index contributed by atoms with van der Waals surface area (Å²) in [4.78, 5) is 11.0. The van der Waals surface area contributed by atoms with Gasteiger partial charge in [-0.1, -0.05) is 23.4 Å². The van der Waals surface area contributed by atoms with E-state index in [4.69, 9.17) is 11.6 Å². The van der Waals surface area contributed by atoms with Crippen molar-refractivity contribution in [3.63, 3.8) is 0 Å². The second-order valence-electron chi connectivity index (χ2n) is 2.22. The number of amides is 1. The summed E-state index contributed by atoms with van der Waals surface area (Å²) in [5.74, 6) is -0.527. The van der Waals surface area contributed by atoms with E-state index in [1.807, 2.05) is 0 Å². The van der Waals surface area contributed by atoms with E-state index in [0.29, 0.717) is 5.56 Å². The van der Waals surface area contributed by atoms with Crippen LogP contribution in [0.4, 0.5) is 0 Å². The maximum Gasteiger partial charge on any atom is 0.251 e. The molecule has 4 heteroatoms. The first-order valence-corrected chi connectivity index (χ1v) is 3.71. The Hall–Kier alpha value is -1.22. The van der Waals surface area contributed by atoms with Gasteiger partial charge in [0.25, 0.3) is 5.91 Å². The number of nitrogens with one attached hydrogen (secondary N) is 1. The fourth-order valence-corrected chi connectivity index (χ4v) is 0.967. The third-order valence-corrected chi connectivity index (χ3v) is 1.72. The van der Waals surface area contributed by atoms with Crippen molar-refractivity contribution >= 4 is 17.5 Å². The number of hydrogen-bond acceptors (Lipinski definition) is 2.